The van der Waals surface area contributed by atoms with Crippen LogP contribution in [0.3, 0.4) is 0 Å². The second-order valence-corrected chi connectivity index (χ2v) is 5.31. The number of carbonyl (C=O) groups is 1. The molecule has 1 unspecified atom stereocenters. The van der Waals surface area contributed by atoms with Gasteiger partial charge in [0.25, 0.3) is 0 Å². The average molecular weight is 231 g/mol. The van der Waals surface area contributed by atoms with E-state index in [2.05, 4.69) is 36.1 Å². The topological polar surface area (TPSA) is 40.5 Å². The van der Waals surface area contributed by atoms with Crippen LogP contribution in [-0.2, 0) is 17.9 Å². The second kappa shape index (κ2) is 3.57. The summed E-state index contributed by atoms with van der Waals surface area (Å²) in [5.74, 6) is -0.624. The van der Waals surface area contributed by atoms with Crippen LogP contribution < -0.4 is 0 Å². The Morgan fingerprint density at radius 3 is 2.24 bits per heavy atom. The highest BCUT2D eigenvalue weighted by Gasteiger charge is 2.56. The molecule has 0 radical (unpaired) electrons. The number of hydrogen-bond donors (Lipinski definition) is 1. The molecule has 2 aliphatic rings. The summed E-state index contributed by atoms with van der Waals surface area (Å²) < 4.78 is 0. The summed E-state index contributed by atoms with van der Waals surface area (Å²) >= 11 is 0. The van der Waals surface area contributed by atoms with Crippen molar-refractivity contribution < 1.29 is 9.90 Å². The molecule has 1 N–H and O–H groups in total. The Morgan fingerprint density at radius 1 is 1.29 bits per heavy atom. The van der Waals surface area contributed by atoms with Gasteiger partial charge in [0.2, 0.25) is 0 Å². The summed E-state index contributed by atoms with van der Waals surface area (Å²) in [6.45, 7) is 3.85. The molecule has 1 aliphatic carbocycles. The van der Waals surface area contributed by atoms with E-state index in [0.29, 0.717) is 0 Å². The number of nitrogens with zero attached hydrogens (tertiary/aromatic N) is 1. The van der Waals surface area contributed by atoms with E-state index in [4.69, 9.17) is 0 Å². The lowest BCUT2D eigenvalue weighted by Gasteiger charge is -2.29. The molecule has 17 heavy (non-hydrogen) atoms. The van der Waals surface area contributed by atoms with Crippen LogP contribution in [0, 0.1) is 5.41 Å². The molecule has 3 heteroatoms. The van der Waals surface area contributed by atoms with Crippen molar-refractivity contribution in [3.63, 3.8) is 0 Å². The SMILES string of the molecule is CC(N1Cc2ccccc2C1)C1(C(=O)O)CC1. The molecule has 0 aromatic heterocycles. The maximum absolute atomic E-state index is 11.3. The highest BCUT2D eigenvalue weighted by molar-refractivity contribution is 5.78. The molecule has 1 aromatic rings. The zero-order valence-corrected chi connectivity index (χ0v) is 10.0. The number of aliphatic carboxylic acids is 1. The first-order valence-electron chi connectivity index (χ1n) is 6.18. The molecule has 1 heterocycles. The van der Waals surface area contributed by atoms with Gasteiger partial charge in [0.05, 0.1) is 5.41 Å². The van der Waals surface area contributed by atoms with Gasteiger partial charge in [-0.2, -0.15) is 0 Å². The summed E-state index contributed by atoms with van der Waals surface area (Å²) in [6, 6.07) is 8.52. The maximum atomic E-state index is 11.3. The fraction of sp³-hybridized carbons (Fsp3) is 0.500. The van der Waals surface area contributed by atoms with Gasteiger partial charge in [0.1, 0.15) is 0 Å². The summed E-state index contributed by atoms with van der Waals surface area (Å²) in [7, 11) is 0. The number of fused-ring (bicyclic) bond motifs is 1. The van der Waals surface area contributed by atoms with E-state index < -0.39 is 11.4 Å². The number of rotatable bonds is 3. The lowest BCUT2D eigenvalue weighted by molar-refractivity contribution is -0.146. The highest BCUT2D eigenvalue weighted by atomic mass is 16.4. The summed E-state index contributed by atoms with van der Waals surface area (Å²) in [4.78, 5) is 13.6. The van der Waals surface area contributed by atoms with Gasteiger partial charge in [-0.3, -0.25) is 9.69 Å². The first-order valence-corrected chi connectivity index (χ1v) is 6.18. The zero-order chi connectivity index (χ0) is 12.0. The van der Waals surface area contributed by atoms with Gasteiger partial charge in [-0.25, -0.2) is 0 Å². The Labute approximate surface area is 101 Å². The van der Waals surface area contributed by atoms with Gasteiger partial charge >= 0.3 is 5.97 Å². The molecule has 1 atom stereocenters. The predicted molar refractivity (Wildman–Crippen MR) is 64.5 cm³/mol. The predicted octanol–water partition coefficient (Wildman–Crippen LogP) is 2.26. The van der Waals surface area contributed by atoms with Gasteiger partial charge in [-0.1, -0.05) is 24.3 Å². The largest absolute Gasteiger partial charge is 0.481 e. The van der Waals surface area contributed by atoms with Crippen LogP contribution in [0.2, 0.25) is 0 Å². The van der Waals surface area contributed by atoms with Crippen molar-refractivity contribution in [3.8, 4) is 0 Å². The molecular formula is C14H17NO2. The molecule has 0 amide bonds. The number of carboxylic acid groups (broad SMARTS) is 1. The van der Waals surface area contributed by atoms with E-state index in [0.717, 1.165) is 25.9 Å². The smallest absolute Gasteiger partial charge is 0.311 e. The molecule has 0 bridgehead atoms. The molecule has 1 aliphatic heterocycles. The van der Waals surface area contributed by atoms with Crippen molar-refractivity contribution in [3.05, 3.63) is 35.4 Å². The normalized spacial score (nSPS) is 23.1. The fourth-order valence-electron chi connectivity index (χ4n) is 2.93. The van der Waals surface area contributed by atoms with E-state index in [1.807, 2.05) is 0 Å². The Morgan fingerprint density at radius 2 is 1.82 bits per heavy atom. The molecule has 0 spiro atoms. The molecule has 90 valence electrons. The third-order valence-electron chi connectivity index (χ3n) is 4.43. The molecular weight excluding hydrogens is 214 g/mol. The van der Waals surface area contributed by atoms with E-state index in [1.165, 1.54) is 11.1 Å². The number of benzene rings is 1. The minimum absolute atomic E-state index is 0.132. The molecule has 1 fully saturated rings. The lowest BCUT2D eigenvalue weighted by atomic mass is 9.97. The van der Waals surface area contributed by atoms with Crippen molar-refractivity contribution in [2.24, 2.45) is 5.41 Å². The Balaban J connectivity index is 1.79. The van der Waals surface area contributed by atoms with Gasteiger partial charge in [0.15, 0.2) is 0 Å². The van der Waals surface area contributed by atoms with Crippen molar-refractivity contribution in [2.45, 2.75) is 38.9 Å². The van der Waals surface area contributed by atoms with Gasteiger partial charge < -0.3 is 5.11 Å². The first kappa shape index (κ1) is 10.8. The average Bonchev–Trinajstić information content (AvgIpc) is 3.02. The van der Waals surface area contributed by atoms with Crippen molar-refractivity contribution in [1.29, 1.82) is 0 Å². The second-order valence-electron chi connectivity index (χ2n) is 5.31. The van der Waals surface area contributed by atoms with E-state index in [-0.39, 0.29) is 6.04 Å². The zero-order valence-electron chi connectivity index (χ0n) is 10.0. The summed E-state index contributed by atoms with van der Waals surface area (Å²) in [5, 5.41) is 9.32. The van der Waals surface area contributed by atoms with Crippen LogP contribution in [0.5, 0.6) is 0 Å². The van der Waals surface area contributed by atoms with Crippen molar-refractivity contribution in [2.75, 3.05) is 0 Å². The van der Waals surface area contributed by atoms with Crippen LogP contribution in [0.25, 0.3) is 0 Å². The van der Waals surface area contributed by atoms with Crippen molar-refractivity contribution >= 4 is 5.97 Å². The third-order valence-corrected chi connectivity index (χ3v) is 4.43. The van der Waals surface area contributed by atoms with Crippen LogP contribution in [0.1, 0.15) is 30.9 Å². The summed E-state index contributed by atoms with van der Waals surface area (Å²) in [6.07, 6.45) is 1.66. The van der Waals surface area contributed by atoms with E-state index in [1.54, 1.807) is 0 Å². The van der Waals surface area contributed by atoms with Gasteiger partial charge in [0, 0.05) is 19.1 Å². The van der Waals surface area contributed by atoms with E-state index in [9.17, 15) is 9.90 Å². The molecule has 1 saturated carbocycles. The lowest BCUT2D eigenvalue weighted by Crippen LogP contribution is -2.40. The van der Waals surface area contributed by atoms with Crippen LogP contribution in [-0.4, -0.2) is 22.0 Å². The molecule has 3 rings (SSSR count). The maximum Gasteiger partial charge on any atom is 0.311 e. The number of hydrogen-bond acceptors (Lipinski definition) is 2. The van der Waals surface area contributed by atoms with Crippen LogP contribution in [0.4, 0.5) is 0 Å². The summed E-state index contributed by atoms with van der Waals surface area (Å²) in [5.41, 5.74) is 2.23. The van der Waals surface area contributed by atoms with E-state index >= 15 is 0 Å². The Hall–Kier alpha value is -1.35. The highest BCUT2D eigenvalue weighted by Crippen LogP contribution is 2.51. The number of carboxylic acids is 1. The quantitative estimate of drug-likeness (QED) is 0.867. The first-order chi connectivity index (χ1) is 8.13. The van der Waals surface area contributed by atoms with Crippen LogP contribution in [0.15, 0.2) is 24.3 Å². The Bertz CT molecular complexity index is 440. The fourth-order valence-corrected chi connectivity index (χ4v) is 2.93. The molecule has 3 nitrogen and oxygen atoms in total. The molecule has 1 aromatic carbocycles. The van der Waals surface area contributed by atoms with Gasteiger partial charge in [-0.15, -0.1) is 0 Å². The molecule has 0 saturated heterocycles. The minimum Gasteiger partial charge on any atom is -0.481 e. The van der Waals surface area contributed by atoms with Crippen molar-refractivity contribution in [1.82, 2.24) is 4.90 Å². The van der Waals surface area contributed by atoms with Crippen LogP contribution >= 0.6 is 0 Å². The standard InChI is InChI=1S/C14H17NO2/c1-10(14(6-7-14)13(16)17)15-8-11-4-2-3-5-12(11)9-15/h2-5,10H,6-9H2,1H3,(H,16,17). The van der Waals surface area contributed by atoms with Gasteiger partial charge in [-0.05, 0) is 30.9 Å². The monoisotopic (exact) mass is 231 g/mol. The minimum atomic E-state index is -0.624. The third kappa shape index (κ3) is 1.57. The Kier molecular flexibility index (Phi) is 2.26.